The molecular weight excluding hydrogens is 290 g/mol. The van der Waals surface area contributed by atoms with Crippen molar-refractivity contribution in [3.8, 4) is 0 Å². The van der Waals surface area contributed by atoms with Crippen LogP contribution in [0.15, 0.2) is 30.5 Å². The lowest BCUT2D eigenvalue weighted by Crippen LogP contribution is -2.47. The molecule has 0 radical (unpaired) electrons. The molecule has 2 heterocycles. The van der Waals surface area contributed by atoms with Gasteiger partial charge in [0, 0.05) is 35.8 Å². The number of hydrogen-bond acceptors (Lipinski definition) is 3. The van der Waals surface area contributed by atoms with E-state index < -0.39 is 15.3 Å². The van der Waals surface area contributed by atoms with E-state index in [1.54, 1.807) is 11.0 Å². The minimum atomic E-state index is -3.60. The van der Waals surface area contributed by atoms with E-state index in [4.69, 9.17) is 5.14 Å². The topological polar surface area (TPSA) is 96.3 Å². The van der Waals surface area contributed by atoms with E-state index in [-0.39, 0.29) is 12.5 Å². The number of likely N-dealkylation sites (tertiary alicyclic amines) is 1. The molecule has 1 aromatic carbocycles. The third kappa shape index (κ3) is 2.79. The molecule has 1 aromatic heterocycles. The molecule has 1 saturated heterocycles. The maximum Gasteiger partial charge on any atom is 0.253 e. The molecule has 1 fully saturated rings. The quantitative estimate of drug-likeness (QED) is 0.868. The maximum absolute atomic E-state index is 12.5. The molecule has 1 aliphatic rings. The number of nitrogens with two attached hydrogens (primary N) is 1. The first-order valence-electron chi connectivity index (χ1n) is 6.83. The number of aromatic amines is 1. The van der Waals surface area contributed by atoms with Crippen molar-refractivity contribution in [2.45, 2.75) is 18.1 Å². The van der Waals surface area contributed by atoms with Crippen molar-refractivity contribution >= 4 is 26.8 Å². The number of primary sulfonamides is 1. The van der Waals surface area contributed by atoms with E-state index in [0.29, 0.717) is 24.9 Å². The van der Waals surface area contributed by atoms with Crippen LogP contribution in [0.3, 0.4) is 0 Å². The first-order valence-corrected chi connectivity index (χ1v) is 8.44. The standard InChI is InChI=1S/C14H17N3O3S/c15-21(19,20)12-2-1-7-17(9-12)14(18)11-3-4-13-10(8-11)5-6-16-13/h3-6,8,12,16H,1-2,7,9H2,(H2,15,19,20). The number of nitrogens with one attached hydrogen (secondary N) is 1. The first-order chi connectivity index (χ1) is 9.95. The molecule has 1 atom stereocenters. The van der Waals surface area contributed by atoms with Crippen LogP contribution in [-0.2, 0) is 10.0 Å². The number of rotatable bonds is 2. The second kappa shape index (κ2) is 5.16. The Kier molecular flexibility index (Phi) is 3.46. The van der Waals surface area contributed by atoms with Gasteiger partial charge < -0.3 is 9.88 Å². The number of carbonyl (C=O) groups is 1. The summed E-state index contributed by atoms with van der Waals surface area (Å²) >= 11 is 0. The highest BCUT2D eigenvalue weighted by molar-refractivity contribution is 7.89. The average molecular weight is 307 g/mol. The van der Waals surface area contributed by atoms with Gasteiger partial charge in [0.1, 0.15) is 0 Å². The molecule has 1 unspecified atom stereocenters. The Bertz CT molecular complexity index is 782. The summed E-state index contributed by atoms with van der Waals surface area (Å²) in [6.45, 7) is 0.735. The Balaban J connectivity index is 1.83. The Morgan fingerprint density at radius 3 is 2.90 bits per heavy atom. The van der Waals surface area contributed by atoms with Crippen LogP contribution in [0.1, 0.15) is 23.2 Å². The van der Waals surface area contributed by atoms with Gasteiger partial charge in [0.25, 0.3) is 5.91 Å². The molecule has 21 heavy (non-hydrogen) atoms. The van der Waals surface area contributed by atoms with Crippen LogP contribution in [0, 0.1) is 0 Å². The molecule has 0 aliphatic carbocycles. The van der Waals surface area contributed by atoms with Crippen LogP contribution < -0.4 is 5.14 Å². The third-order valence-corrected chi connectivity index (χ3v) is 5.24. The van der Waals surface area contributed by atoms with Gasteiger partial charge in [-0.3, -0.25) is 4.79 Å². The number of aromatic nitrogens is 1. The summed E-state index contributed by atoms with van der Waals surface area (Å²) in [5.41, 5.74) is 1.53. The van der Waals surface area contributed by atoms with Crippen molar-refractivity contribution in [3.63, 3.8) is 0 Å². The molecule has 7 heteroatoms. The number of piperidine rings is 1. The normalized spacial score (nSPS) is 19.9. The summed E-state index contributed by atoms with van der Waals surface area (Å²) in [6.07, 6.45) is 2.98. The molecule has 112 valence electrons. The van der Waals surface area contributed by atoms with Crippen molar-refractivity contribution in [3.05, 3.63) is 36.0 Å². The zero-order valence-corrected chi connectivity index (χ0v) is 12.3. The van der Waals surface area contributed by atoms with Crippen LogP contribution in [0.25, 0.3) is 10.9 Å². The lowest BCUT2D eigenvalue weighted by atomic mass is 10.1. The lowest BCUT2D eigenvalue weighted by Gasteiger charge is -2.31. The van der Waals surface area contributed by atoms with Crippen LogP contribution in [0.4, 0.5) is 0 Å². The van der Waals surface area contributed by atoms with Crippen molar-refractivity contribution in [1.29, 1.82) is 0 Å². The fraction of sp³-hybridized carbons (Fsp3) is 0.357. The number of carbonyl (C=O) groups excluding carboxylic acids is 1. The molecule has 1 aliphatic heterocycles. The van der Waals surface area contributed by atoms with E-state index in [1.807, 2.05) is 24.4 Å². The van der Waals surface area contributed by atoms with E-state index in [9.17, 15) is 13.2 Å². The van der Waals surface area contributed by atoms with E-state index in [2.05, 4.69) is 4.98 Å². The zero-order valence-electron chi connectivity index (χ0n) is 11.5. The molecular formula is C14H17N3O3S. The maximum atomic E-state index is 12.5. The predicted octanol–water partition coefficient (Wildman–Crippen LogP) is 1.06. The van der Waals surface area contributed by atoms with Gasteiger partial charge >= 0.3 is 0 Å². The number of hydrogen-bond donors (Lipinski definition) is 2. The highest BCUT2D eigenvalue weighted by atomic mass is 32.2. The number of amides is 1. The molecule has 0 bridgehead atoms. The zero-order chi connectivity index (χ0) is 15.0. The molecule has 0 saturated carbocycles. The van der Waals surface area contributed by atoms with Crippen molar-refractivity contribution in [2.75, 3.05) is 13.1 Å². The van der Waals surface area contributed by atoms with Gasteiger partial charge in [-0.2, -0.15) is 0 Å². The fourth-order valence-electron chi connectivity index (χ4n) is 2.76. The number of sulfonamides is 1. The van der Waals surface area contributed by atoms with Crippen LogP contribution >= 0.6 is 0 Å². The third-order valence-electron chi connectivity index (χ3n) is 3.93. The van der Waals surface area contributed by atoms with Crippen molar-refractivity contribution < 1.29 is 13.2 Å². The monoisotopic (exact) mass is 307 g/mol. The van der Waals surface area contributed by atoms with Crippen molar-refractivity contribution in [2.24, 2.45) is 5.14 Å². The van der Waals surface area contributed by atoms with Gasteiger partial charge in [0.2, 0.25) is 10.0 Å². The summed E-state index contributed by atoms with van der Waals surface area (Å²) in [4.78, 5) is 17.2. The highest BCUT2D eigenvalue weighted by Gasteiger charge is 2.30. The number of benzene rings is 1. The van der Waals surface area contributed by atoms with E-state index in [0.717, 1.165) is 10.9 Å². The molecule has 0 spiro atoms. The van der Waals surface area contributed by atoms with Gasteiger partial charge in [0.15, 0.2) is 0 Å². The van der Waals surface area contributed by atoms with Gasteiger partial charge in [-0.1, -0.05) is 0 Å². The summed E-state index contributed by atoms with van der Waals surface area (Å²) in [7, 11) is -3.60. The number of H-pyrrole nitrogens is 1. The van der Waals surface area contributed by atoms with Gasteiger partial charge in [-0.15, -0.1) is 0 Å². The molecule has 3 rings (SSSR count). The molecule has 2 aromatic rings. The van der Waals surface area contributed by atoms with Crippen LogP contribution in [0.2, 0.25) is 0 Å². The van der Waals surface area contributed by atoms with E-state index in [1.165, 1.54) is 0 Å². The summed E-state index contributed by atoms with van der Waals surface area (Å²) < 4.78 is 22.9. The van der Waals surface area contributed by atoms with Crippen LogP contribution in [0.5, 0.6) is 0 Å². The van der Waals surface area contributed by atoms with Gasteiger partial charge in [-0.05, 0) is 37.1 Å². The van der Waals surface area contributed by atoms with Crippen molar-refractivity contribution in [1.82, 2.24) is 9.88 Å². The smallest absolute Gasteiger partial charge is 0.253 e. The minimum absolute atomic E-state index is 0.147. The van der Waals surface area contributed by atoms with Gasteiger partial charge in [0.05, 0.1) is 5.25 Å². The Labute approximate surface area is 123 Å². The SMILES string of the molecule is NS(=O)(=O)C1CCCN(C(=O)c2ccc3[nH]ccc3c2)C1. The highest BCUT2D eigenvalue weighted by Crippen LogP contribution is 2.20. The summed E-state index contributed by atoms with van der Waals surface area (Å²) in [5.74, 6) is -0.147. The summed E-state index contributed by atoms with van der Waals surface area (Å²) in [5, 5.41) is 5.50. The second-order valence-electron chi connectivity index (χ2n) is 5.38. The Hall–Kier alpha value is -1.86. The number of nitrogens with zero attached hydrogens (tertiary/aromatic N) is 1. The molecule has 3 N–H and O–H groups in total. The summed E-state index contributed by atoms with van der Waals surface area (Å²) in [6, 6.07) is 7.32. The minimum Gasteiger partial charge on any atom is -0.361 e. The first kappa shape index (κ1) is 14.1. The Morgan fingerprint density at radius 1 is 1.33 bits per heavy atom. The Morgan fingerprint density at radius 2 is 2.14 bits per heavy atom. The predicted molar refractivity (Wildman–Crippen MR) is 80.3 cm³/mol. The molecule has 6 nitrogen and oxygen atoms in total. The average Bonchev–Trinajstić information content (AvgIpc) is 2.93. The second-order valence-corrected chi connectivity index (χ2v) is 7.23. The largest absolute Gasteiger partial charge is 0.361 e. The van der Waals surface area contributed by atoms with Gasteiger partial charge in [-0.25, -0.2) is 13.6 Å². The fourth-order valence-corrected chi connectivity index (χ4v) is 3.64. The lowest BCUT2D eigenvalue weighted by molar-refractivity contribution is 0.0727. The van der Waals surface area contributed by atoms with E-state index >= 15 is 0 Å². The molecule has 1 amide bonds. The van der Waals surface area contributed by atoms with Crippen LogP contribution in [-0.4, -0.2) is 42.5 Å². The number of fused-ring (bicyclic) bond motifs is 1.